The van der Waals surface area contributed by atoms with Crippen LogP contribution in [0.4, 0.5) is 10.1 Å². The van der Waals surface area contributed by atoms with E-state index in [1.54, 1.807) is 49.4 Å². The molecule has 2 aromatic rings. The molecule has 2 rings (SSSR count). The highest BCUT2D eigenvalue weighted by Crippen LogP contribution is 2.21. The zero-order chi connectivity index (χ0) is 16.8. The van der Waals surface area contributed by atoms with Crippen molar-refractivity contribution in [1.29, 1.82) is 0 Å². The maximum absolute atomic E-state index is 13.7. The van der Waals surface area contributed by atoms with Gasteiger partial charge in [-0.25, -0.2) is 4.39 Å². The van der Waals surface area contributed by atoms with E-state index in [0.717, 1.165) is 5.56 Å². The maximum atomic E-state index is 13.7. The molecule has 120 valence electrons. The number of carboxylic acid groups (broad SMARTS) is 1. The van der Waals surface area contributed by atoms with Crippen LogP contribution in [0.2, 0.25) is 0 Å². The molecule has 1 amide bonds. The zero-order valence-electron chi connectivity index (χ0n) is 12.8. The Morgan fingerprint density at radius 1 is 1.13 bits per heavy atom. The van der Waals surface area contributed by atoms with E-state index in [4.69, 9.17) is 5.11 Å². The molecular formula is C18H18FNO3. The molecule has 4 nitrogen and oxygen atoms in total. The van der Waals surface area contributed by atoms with Gasteiger partial charge in [-0.1, -0.05) is 30.3 Å². The number of aliphatic carboxylic acids is 1. The Morgan fingerprint density at radius 2 is 1.78 bits per heavy atom. The molecule has 5 heteroatoms. The van der Waals surface area contributed by atoms with Crippen LogP contribution in [0.1, 0.15) is 30.4 Å². The lowest BCUT2D eigenvalue weighted by Gasteiger charge is -2.13. The van der Waals surface area contributed by atoms with Gasteiger partial charge in [-0.05, 0) is 42.7 Å². The van der Waals surface area contributed by atoms with E-state index < -0.39 is 17.7 Å². The van der Waals surface area contributed by atoms with Gasteiger partial charge in [-0.15, -0.1) is 0 Å². The van der Waals surface area contributed by atoms with Gasteiger partial charge in [0.25, 0.3) is 0 Å². The number of carbonyl (C=O) groups is 2. The summed E-state index contributed by atoms with van der Waals surface area (Å²) in [6.45, 7) is 1.65. The summed E-state index contributed by atoms with van der Waals surface area (Å²) in [6.07, 6.45) is 0.505. The van der Waals surface area contributed by atoms with Crippen molar-refractivity contribution >= 4 is 17.6 Å². The third-order valence-corrected chi connectivity index (χ3v) is 3.61. The van der Waals surface area contributed by atoms with Crippen LogP contribution >= 0.6 is 0 Å². The normalized spacial score (nSPS) is 11.7. The Balaban J connectivity index is 2.00. The van der Waals surface area contributed by atoms with Crippen molar-refractivity contribution in [3.8, 4) is 0 Å². The molecule has 0 aliphatic heterocycles. The molecule has 0 aliphatic rings. The second-order valence-corrected chi connectivity index (χ2v) is 5.32. The molecule has 0 spiro atoms. The highest BCUT2D eigenvalue weighted by molar-refractivity contribution is 5.95. The molecule has 0 unspecified atom stereocenters. The largest absolute Gasteiger partial charge is 0.481 e. The van der Waals surface area contributed by atoms with Crippen LogP contribution in [0.15, 0.2) is 48.5 Å². The number of benzene rings is 2. The fourth-order valence-electron chi connectivity index (χ4n) is 2.22. The van der Waals surface area contributed by atoms with Crippen LogP contribution in [-0.4, -0.2) is 17.0 Å². The van der Waals surface area contributed by atoms with E-state index in [1.165, 1.54) is 6.07 Å². The summed E-state index contributed by atoms with van der Waals surface area (Å²) in [6, 6.07) is 13.2. The van der Waals surface area contributed by atoms with Crippen molar-refractivity contribution in [2.75, 3.05) is 5.32 Å². The molecule has 2 aromatic carbocycles. The monoisotopic (exact) mass is 315 g/mol. The van der Waals surface area contributed by atoms with Gasteiger partial charge >= 0.3 is 5.97 Å². The summed E-state index contributed by atoms with van der Waals surface area (Å²) >= 11 is 0. The third kappa shape index (κ3) is 4.64. The van der Waals surface area contributed by atoms with Crippen molar-refractivity contribution in [2.45, 2.75) is 25.7 Å². The molecule has 0 fully saturated rings. The first kappa shape index (κ1) is 16.7. The van der Waals surface area contributed by atoms with Gasteiger partial charge in [0.1, 0.15) is 5.82 Å². The first-order valence-electron chi connectivity index (χ1n) is 7.33. The second-order valence-electron chi connectivity index (χ2n) is 5.32. The molecule has 0 heterocycles. The Morgan fingerprint density at radius 3 is 2.39 bits per heavy atom. The maximum Gasteiger partial charge on any atom is 0.303 e. The molecule has 2 N–H and O–H groups in total. The van der Waals surface area contributed by atoms with Gasteiger partial charge in [0.15, 0.2) is 0 Å². The lowest BCUT2D eigenvalue weighted by molar-refractivity contribution is -0.137. The number of anilines is 1. The molecule has 0 bridgehead atoms. The van der Waals surface area contributed by atoms with Gasteiger partial charge in [0.05, 0.1) is 5.92 Å². The van der Waals surface area contributed by atoms with Crippen LogP contribution in [0, 0.1) is 5.82 Å². The van der Waals surface area contributed by atoms with Crippen molar-refractivity contribution in [3.05, 3.63) is 65.5 Å². The van der Waals surface area contributed by atoms with Crippen LogP contribution in [0.3, 0.4) is 0 Å². The second kappa shape index (κ2) is 7.54. The number of carboxylic acids is 1. The first-order chi connectivity index (χ1) is 11.0. The van der Waals surface area contributed by atoms with E-state index in [9.17, 15) is 14.0 Å². The number of nitrogens with one attached hydrogen (secondary N) is 1. The van der Waals surface area contributed by atoms with Crippen molar-refractivity contribution < 1.29 is 19.1 Å². The minimum Gasteiger partial charge on any atom is -0.481 e. The van der Waals surface area contributed by atoms with Gasteiger partial charge in [-0.3, -0.25) is 9.59 Å². The minimum absolute atomic E-state index is 0.0655. The number of carbonyl (C=O) groups excluding carboxylic acids is 1. The summed E-state index contributed by atoms with van der Waals surface area (Å²) in [5, 5.41) is 11.4. The Kier molecular flexibility index (Phi) is 5.46. The number of aryl methyl sites for hydroxylation is 1. The molecule has 0 saturated heterocycles. The lowest BCUT2D eigenvalue weighted by Crippen LogP contribution is -2.19. The van der Waals surface area contributed by atoms with Crippen molar-refractivity contribution in [1.82, 2.24) is 0 Å². The van der Waals surface area contributed by atoms with E-state index in [0.29, 0.717) is 17.7 Å². The van der Waals surface area contributed by atoms with Gasteiger partial charge < -0.3 is 10.4 Å². The zero-order valence-corrected chi connectivity index (χ0v) is 12.8. The van der Waals surface area contributed by atoms with E-state index in [-0.39, 0.29) is 12.3 Å². The minimum atomic E-state index is -0.846. The van der Waals surface area contributed by atoms with Crippen molar-refractivity contribution in [2.24, 2.45) is 0 Å². The number of hydrogen-bond acceptors (Lipinski definition) is 2. The predicted octanol–water partition coefficient (Wildman–Crippen LogP) is 3.59. The first-order valence-corrected chi connectivity index (χ1v) is 7.33. The lowest BCUT2D eigenvalue weighted by atomic mass is 9.99. The summed E-state index contributed by atoms with van der Waals surface area (Å²) < 4.78 is 13.7. The highest BCUT2D eigenvalue weighted by atomic mass is 19.1. The van der Waals surface area contributed by atoms with Crippen molar-refractivity contribution in [3.63, 3.8) is 0 Å². The fraction of sp³-hybridized carbons (Fsp3) is 0.222. The Labute approximate surface area is 134 Å². The number of halogens is 1. The molecule has 0 aromatic heterocycles. The number of hydrogen-bond donors (Lipinski definition) is 2. The van der Waals surface area contributed by atoms with E-state index >= 15 is 0 Å². The summed E-state index contributed by atoms with van der Waals surface area (Å²) in [7, 11) is 0. The molecular weight excluding hydrogens is 297 g/mol. The standard InChI is InChI=1S/C18H18FNO3/c1-12(15-4-2-3-5-16(15)19)18(23)20-14-9-6-13(7-10-14)8-11-17(21)22/h2-7,9-10,12H,8,11H2,1H3,(H,20,23)(H,21,22)/t12-/m0/s1. The topological polar surface area (TPSA) is 66.4 Å². The molecule has 0 aliphatic carbocycles. The molecule has 23 heavy (non-hydrogen) atoms. The van der Waals surface area contributed by atoms with Gasteiger partial charge in [0.2, 0.25) is 5.91 Å². The average molecular weight is 315 g/mol. The highest BCUT2D eigenvalue weighted by Gasteiger charge is 2.18. The third-order valence-electron chi connectivity index (χ3n) is 3.61. The van der Waals surface area contributed by atoms with Gasteiger partial charge in [-0.2, -0.15) is 0 Å². The van der Waals surface area contributed by atoms with Gasteiger partial charge in [0, 0.05) is 12.1 Å². The average Bonchev–Trinajstić information content (AvgIpc) is 2.54. The predicted molar refractivity (Wildman–Crippen MR) is 85.8 cm³/mol. The van der Waals surface area contributed by atoms with Crippen LogP contribution < -0.4 is 5.32 Å². The fourth-order valence-corrected chi connectivity index (χ4v) is 2.22. The molecule has 0 saturated carbocycles. The molecule has 1 atom stereocenters. The molecule has 0 radical (unpaired) electrons. The van der Waals surface area contributed by atoms with Crippen LogP contribution in [0.25, 0.3) is 0 Å². The quantitative estimate of drug-likeness (QED) is 0.856. The van der Waals surface area contributed by atoms with E-state index in [2.05, 4.69) is 5.32 Å². The summed E-state index contributed by atoms with van der Waals surface area (Å²) in [4.78, 5) is 22.7. The van der Waals surface area contributed by atoms with Crippen LogP contribution in [0.5, 0.6) is 0 Å². The SMILES string of the molecule is C[C@H](C(=O)Nc1ccc(CCC(=O)O)cc1)c1ccccc1F. The van der Waals surface area contributed by atoms with Crippen LogP contribution in [-0.2, 0) is 16.0 Å². The Hall–Kier alpha value is -2.69. The summed E-state index contributed by atoms with van der Waals surface area (Å²) in [5.41, 5.74) is 1.83. The smallest absolute Gasteiger partial charge is 0.303 e. The Bertz CT molecular complexity index is 698. The number of rotatable bonds is 6. The number of amides is 1. The summed E-state index contributed by atoms with van der Waals surface area (Å²) in [5.74, 6) is -2.16. The van der Waals surface area contributed by atoms with E-state index in [1.807, 2.05) is 0 Å².